The maximum Gasteiger partial charge on any atom is 0.376 e. The maximum absolute atomic E-state index is 13.4. The number of benzene rings is 3. The van der Waals surface area contributed by atoms with Gasteiger partial charge >= 0.3 is 17.8 Å². The minimum absolute atomic E-state index is 0.0800. The van der Waals surface area contributed by atoms with Gasteiger partial charge in [-0.25, -0.2) is 4.79 Å². The normalized spacial score (nSPS) is 13.3. The Labute approximate surface area is 356 Å². The lowest BCUT2D eigenvalue weighted by Crippen LogP contribution is -2.35. The van der Waals surface area contributed by atoms with Crippen molar-refractivity contribution in [2.75, 3.05) is 40.0 Å². The summed E-state index contributed by atoms with van der Waals surface area (Å²) < 4.78 is 68.5. The summed E-state index contributed by atoms with van der Waals surface area (Å²) in [5, 5.41) is 0. The van der Waals surface area contributed by atoms with Gasteiger partial charge in [-0.15, -0.1) is 0 Å². The molecule has 0 unspecified atom stereocenters. The standard InChI is InChI=1S/C16H15F2NO2.C15H14F2N2O.C15H21NO2.C2H6/c1-21-15(20)16(17,18)9-8-12-5-4-6-13(11-12)14-7-2-3-10-19-14;16-15(17,14(18)20)8-7-11-4-3-5-12(10-11)13-6-1-2-9-19-13;1-2-8-16(7-1)9-3-4-13-5-6-14-15(12-13)18-11-10-17-14;1-2/h2-7,10-11H,8-9H2,1H3;1-6,9-10H,7-8H2,(H2,18,20);5-6,12H,1-4,7-11H2;1-2H3. The van der Waals surface area contributed by atoms with Crippen LogP contribution in [0, 0.1) is 0 Å². The van der Waals surface area contributed by atoms with E-state index in [1.54, 1.807) is 54.9 Å². The van der Waals surface area contributed by atoms with E-state index >= 15 is 0 Å². The molecule has 1 fully saturated rings. The van der Waals surface area contributed by atoms with Gasteiger partial charge in [0.05, 0.1) is 18.5 Å². The minimum atomic E-state index is -3.47. The van der Waals surface area contributed by atoms with Crippen molar-refractivity contribution in [2.45, 2.75) is 77.1 Å². The maximum atomic E-state index is 13.4. The van der Waals surface area contributed by atoms with Crippen molar-refractivity contribution in [3.05, 3.63) is 132 Å². The number of aryl methyl sites for hydroxylation is 3. The number of carbonyl (C=O) groups excluding carboxylic acids is 2. The van der Waals surface area contributed by atoms with E-state index in [2.05, 4.69) is 37.5 Å². The largest absolute Gasteiger partial charge is 0.486 e. The third-order valence-electron chi connectivity index (χ3n) is 9.82. The number of likely N-dealkylation sites (tertiary alicyclic amines) is 1. The molecular formula is C48H56F4N4O5. The number of methoxy groups -OCH3 is 1. The Bertz CT molecular complexity index is 2080. The van der Waals surface area contributed by atoms with E-state index in [-0.39, 0.29) is 12.8 Å². The molecule has 0 spiro atoms. The number of nitrogens with two attached hydrogens (primary N) is 1. The smallest absolute Gasteiger partial charge is 0.376 e. The van der Waals surface area contributed by atoms with Crippen molar-refractivity contribution >= 4 is 11.9 Å². The lowest BCUT2D eigenvalue weighted by atomic mass is 10.0. The van der Waals surface area contributed by atoms with E-state index in [4.69, 9.17) is 9.47 Å². The van der Waals surface area contributed by atoms with Gasteiger partial charge in [-0.1, -0.05) is 68.4 Å². The van der Waals surface area contributed by atoms with Crippen molar-refractivity contribution in [1.82, 2.24) is 14.9 Å². The zero-order chi connectivity index (χ0) is 44.1. The zero-order valence-corrected chi connectivity index (χ0v) is 35.1. The number of rotatable bonds is 14. The molecule has 2 N–H and O–H groups in total. The van der Waals surface area contributed by atoms with Crippen LogP contribution in [0.25, 0.3) is 22.5 Å². The molecular weight excluding hydrogens is 789 g/mol. The second-order valence-corrected chi connectivity index (χ2v) is 14.2. The van der Waals surface area contributed by atoms with Crippen molar-refractivity contribution in [1.29, 1.82) is 0 Å². The van der Waals surface area contributed by atoms with Crippen LogP contribution in [0.3, 0.4) is 0 Å². The van der Waals surface area contributed by atoms with E-state index in [0.29, 0.717) is 18.8 Å². The molecule has 13 heteroatoms. The SMILES string of the molecule is CC.COC(=O)C(F)(F)CCc1cccc(-c2ccccn2)c1.NC(=O)C(F)(F)CCc1cccc(-c2ccccn2)c1.c1cc2c(cc1CCCN1CCCC1)OCCO2. The van der Waals surface area contributed by atoms with Crippen LogP contribution in [-0.4, -0.2) is 78.5 Å². The van der Waals surface area contributed by atoms with Crippen molar-refractivity contribution in [2.24, 2.45) is 5.73 Å². The number of alkyl halides is 4. The fourth-order valence-electron chi connectivity index (χ4n) is 6.57. The first-order valence-electron chi connectivity index (χ1n) is 20.7. The molecule has 0 atom stereocenters. The Morgan fingerprint density at radius 3 is 1.70 bits per heavy atom. The fraction of sp³-hybridized carbons (Fsp3) is 0.375. The van der Waals surface area contributed by atoms with Gasteiger partial charge in [0.25, 0.3) is 5.91 Å². The molecule has 0 bridgehead atoms. The quantitative estimate of drug-likeness (QED) is 0.0868. The van der Waals surface area contributed by atoms with Crippen LogP contribution < -0.4 is 15.2 Å². The predicted octanol–water partition coefficient (Wildman–Crippen LogP) is 9.80. The number of halogens is 4. The van der Waals surface area contributed by atoms with Crippen LogP contribution in [0.15, 0.2) is 116 Å². The summed E-state index contributed by atoms with van der Waals surface area (Å²) in [4.78, 5) is 32.5. The van der Waals surface area contributed by atoms with Crippen LogP contribution in [0.2, 0.25) is 0 Å². The van der Waals surface area contributed by atoms with E-state index < -0.39 is 36.6 Å². The molecule has 61 heavy (non-hydrogen) atoms. The van der Waals surface area contributed by atoms with E-state index in [0.717, 1.165) is 53.1 Å². The molecule has 0 radical (unpaired) electrons. The Kier molecular flexibility index (Phi) is 19.2. The van der Waals surface area contributed by atoms with E-state index in [9.17, 15) is 27.2 Å². The molecule has 2 aromatic heterocycles. The van der Waals surface area contributed by atoms with Gasteiger partial charge in [0.15, 0.2) is 11.5 Å². The van der Waals surface area contributed by atoms with Crippen molar-refractivity contribution in [3.8, 4) is 34.0 Å². The molecule has 0 aliphatic carbocycles. The predicted molar refractivity (Wildman–Crippen MR) is 230 cm³/mol. The average molecular weight is 845 g/mol. The number of pyridine rings is 2. The Morgan fingerprint density at radius 1 is 0.672 bits per heavy atom. The molecule has 1 amide bonds. The molecule has 326 valence electrons. The summed E-state index contributed by atoms with van der Waals surface area (Å²) in [6, 6.07) is 31.7. The Hall–Kier alpha value is -5.82. The first kappa shape index (κ1) is 47.9. The van der Waals surface area contributed by atoms with Crippen LogP contribution in [0.4, 0.5) is 17.6 Å². The molecule has 1 saturated heterocycles. The van der Waals surface area contributed by atoms with Gasteiger partial charge in [0, 0.05) is 36.4 Å². The average Bonchev–Trinajstić information content (AvgIpc) is 3.83. The summed E-state index contributed by atoms with van der Waals surface area (Å²) in [6.45, 7) is 9.16. The molecule has 3 aromatic carbocycles. The zero-order valence-electron chi connectivity index (χ0n) is 35.1. The summed E-state index contributed by atoms with van der Waals surface area (Å²) in [5.74, 6) is -8.21. The third-order valence-corrected chi connectivity index (χ3v) is 9.82. The number of fused-ring (bicyclic) bond motifs is 1. The topological polar surface area (TPSA) is 117 Å². The third kappa shape index (κ3) is 15.6. The highest BCUT2D eigenvalue weighted by Gasteiger charge is 2.39. The fourth-order valence-corrected chi connectivity index (χ4v) is 6.57. The molecule has 2 aliphatic rings. The first-order chi connectivity index (χ1) is 29.4. The summed E-state index contributed by atoms with van der Waals surface area (Å²) >= 11 is 0. The first-order valence-corrected chi connectivity index (χ1v) is 20.7. The second kappa shape index (κ2) is 24.4. The van der Waals surface area contributed by atoms with Crippen LogP contribution >= 0.6 is 0 Å². The summed E-state index contributed by atoms with van der Waals surface area (Å²) in [7, 11) is 0.956. The van der Waals surface area contributed by atoms with Gasteiger partial charge in [-0.3, -0.25) is 14.8 Å². The number of nitrogens with zero attached hydrogens (tertiary/aromatic N) is 3. The molecule has 0 saturated carbocycles. The number of hydrogen-bond acceptors (Lipinski definition) is 8. The van der Waals surface area contributed by atoms with Gasteiger partial charge in [-0.05, 0) is 123 Å². The molecule has 4 heterocycles. The van der Waals surface area contributed by atoms with Crippen molar-refractivity contribution in [3.63, 3.8) is 0 Å². The van der Waals surface area contributed by atoms with Crippen LogP contribution in [0.5, 0.6) is 11.5 Å². The lowest BCUT2D eigenvalue weighted by Gasteiger charge is -2.19. The second-order valence-electron chi connectivity index (χ2n) is 14.2. The van der Waals surface area contributed by atoms with Gasteiger partial charge in [-0.2, -0.15) is 17.6 Å². The minimum Gasteiger partial charge on any atom is -0.486 e. The van der Waals surface area contributed by atoms with Gasteiger partial charge in [0.1, 0.15) is 13.2 Å². The highest BCUT2D eigenvalue weighted by atomic mass is 19.3. The molecule has 7 rings (SSSR count). The summed E-state index contributed by atoms with van der Waals surface area (Å²) in [5.41, 5.74) is 10.7. The number of amides is 1. The van der Waals surface area contributed by atoms with Gasteiger partial charge < -0.3 is 24.8 Å². The Morgan fingerprint density at radius 2 is 1.20 bits per heavy atom. The van der Waals surface area contributed by atoms with Crippen molar-refractivity contribution < 1.29 is 41.4 Å². The lowest BCUT2D eigenvalue weighted by molar-refractivity contribution is -0.169. The van der Waals surface area contributed by atoms with E-state index in [1.165, 1.54) is 44.5 Å². The van der Waals surface area contributed by atoms with Crippen LogP contribution in [-0.2, 0) is 33.6 Å². The van der Waals surface area contributed by atoms with Gasteiger partial charge in [0.2, 0.25) is 0 Å². The molecule has 9 nitrogen and oxygen atoms in total. The Balaban J connectivity index is 0.000000198. The molecule has 5 aromatic rings. The summed E-state index contributed by atoms with van der Waals surface area (Å²) in [6.07, 6.45) is 7.47. The highest BCUT2D eigenvalue weighted by Crippen LogP contribution is 2.31. The number of carbonyl (C=O) groups is 2. The van der Waals surface area contributed by atoms with Crippen LogP contribution in [0.1, 0.15) is 62.6 Å². The number of esters is 1. The number of ether oxygens (including phenoxy) is 3. The highest BCUT2D eigenvalue weighted by molar-refractivity contribution is 5.81. The monoisotopic (exact) mass is 844 g/mol. The number of hydrogen-bond donors (Lipinski definition) is 1. The van der Waals surface area contributed by atoms with E-state index in [1.807, 2.05) is 62.4 Å². The number of primary amides is 1. The molecule has 2 aliphatic heterocycles. The number of aromatic nitrogens is 2.